The number of para-hydroxylation sites is 1. The second-order valence-electron chi connectivity index (χ2n) is 4.29. The molecule has 0 aromatic heterocycles. The van der Waals surface area contributed by atoms with Crippen LogP contribution in [0, 0.1) is 0 Å². The Bertz CT molecular complexity index is 644. The predicted molar refractivity (Wildman–Crippen MR) is 78.4 cm³/mol. The second kappa shape index (κ2) is 4.94. The molecule has 0 unspecified atom stereocenters. The van der Waals surface area contributed by atoms with Crippen LogP contribution in [0.15, 0.2) is 64.7 Å². The Morgan fingerprint density at radius 3 is 2.58 bits per heavy atom. The van der Waals surface area contributed by atoms with Gasteiger partial charge in [-0.1, -0.05) is 48.5 Å². The van der Waals surface area contributed by atoms with Crippen LogP contribution in [0.25, 0.3) is 0 Å². The number of fused-ring (bicyclic) bond motifs is 1. The van der Waals surface area contributed by atoms with Gasteiger partial charge in [-0.15, -0.1) is 0 Å². The summed E-state index contributed by atoms with van der Waals surface area (Å²) >= 11 is 0. The predicted octanol–water partition coefficient (Wildman–Crippen LogP) is 2.37. The number of nitrogens with two attached hydrogens (primary N) is 1. The highest BCUT2D eigenvalue weighted by Crippen LogP contribution is 2.20. The summed E-state index contributed by atoms with van der Waals surface area (Å²) in [6.07, 6.45) is 0. The maximum atomic E-state index is 5.52. The Labute approximate surface area is 111 Å². The van der Waals surface area contributed by atoms with Crippen molar-refractivity contribution in [1.29, 1.82) is 0 Å². The molecule has 94 valence electrons. The average Bonchev–Trinajstić information content (AvgIpc) is 2.49. The van der Waals surface area contributed by atoms with Crippen LogP contribution < -0.4 is 11.2 Å². The molecule has 0 atom stereocenters. The minimum absolute atomic E-state index is 0.643. The zero-order valence-corrected chi connectivity index (χ0v) is 10.4. The lowest BCUT2D eigenvalue weighted by atomic mass is 10.1. The summed E-state index contributed by atoms with van der Waals surface area (Å²) in [5.74, 6) is 6.24. The number of hydrogen-bond acceptors (Lipinski definition) is 4. The molecule has 1 aliphatic heterocycles. The Morgan fingerprint density at radius 1 is 1.05 bits per heavy atom. The number of rotatable bonds is 2. The number of hydrogen-bond donors (Lipinski definition) is 2. The van der Waals surface area contributed by atoms with Crippen molar-refractivity contribution < 1.29 is 0 Å². The Balaban J connectivity index is 1.94. The average molecular weight is 250 g/mol. The molecule has 0 amide bonds. The van der Waals surface area contributed by atoms with Gasteiger partial charge in [0.1, 0.15) is 5.71 Å². The van der Waals surface area contributed by atoms with Crippen molar-refractivity contribution in [2.24, 2.45) is 15.9 Å². The molecule has 3 rings (SSSR count). The van der Waals surface area contributed by atoms with E-state index in [1.807, 2.05) is 48.5 Å². The minimum atomic E-state index is 0.643. The molecule has 2 aromatic carbocycles. The minimum Gasteiger partial charge on any atom is -0.338 e. The van der Waals surface area contributed by atoms with Crippen molar-refractivity contribution in [2.75, 3.05) is 5.32 Å². The number of nitrogens with zero attached hydrogens (tertiary/aromatic N) is 2. The van der Waals surface area contributed by atoms with E-state index in [9.17, 15) is 0 Å². The van der Waals surface area contributed by atoms with E-state index in [-0.39, 0.29) is 0 Å². The lowest BCUT2D eigenvalue weighted by Crippen LogP contribution is -2.28. The first-order chi connectivity index (χ1) is 9.38. The Kier molecular flexibility index (Phi) is 2.98. The van der Waals surface area contributed by atoms with Gasteiger partial charge < -0.3 is 11.2 Å². The van der Waals surface area contributed by atoms with Crippen LogP contribution in [0.5, 0.6) is 0 Å². The third-order valence-corrected chi connectivity index (χ3v) is 3.08. The molecule has 2 aromatic rings. The molecule has 0 aliphatic carbocycles. The second-order valence-corrected chi connectivity index (χ2v) is 4.29. The fourth-order valence-corrected chi connectivity index (χ4v) is 2.11. The zero-order chi connectivity index (χ0) is 13.1. The molecule has 4 nitrogen and oxygen atoms in total. The van der Waals surface area contributed by atoms with Crippen LogP contribution in [-0.4, -0.2) is 11.5 Å². The largest absolute Gasteiger partial charge is 0.338 e. The molecule has 0 bridgehead atoms. The number of nitrogens with one attached hydrogen (secondary N) is 1. The van der Waals surface area contributed by atoms with Gasteiger partial charge >= 0.3 is 0 Å². The zero-order valence-electron chi connectivity index (χ0n) is 10.4. The highest BCUT2D eigenvalue weighted by atomic mass is 15.2. The van der Waals surface area contributed by atoms with E-state index in [2.05, 4.69) is 21.5 Å². The van der Waals surface area contributed by atoms with Gasteiger partial charge in [-0.3, -0.25) is 4.99 Å². The summed E-state index contributed by atoms with van der Waals surface area (Å²) < 4.78 is 0. The molecule has 3 N–H and O–H groups in total. The molecule has 19 heavy (non-hydrogen) atoms. The number of anilines is 1. The van der Waals surface area contributed by atoms with Crippen LogP contribution in [0.1, 0.15) is 11.1 Å². The number of amidine groups is 1. The summed E-state index contributed by atoms with van der Waals surface area (Å²) in [5.41, 5.74) is 3.87. The van der Waals surface area contributed by atoms with Crippen molar-refractivity contribution in [3.05, 3.63) is 65.7 Å². The molecular weight excluding hydrogens is 236 g/mol. The van der Waals surface area contributed by atoms with Gasteiger partial charge in [0.2, 0.25) is 0 Å². The molecular formula is C15H14N4. The first kappa shape index (κ1) is 11.5. The maximum absolute atomic E-state index is 5.52. The third-order valence-electron chi connectivity index (χ3n) is 3.08. The summed E-state index contributed by atoms with van der Waals surface area (Å²) in [5, 5.41) is 7.16. The van der Waals surface area contributed by atoms with E-state index in [1.165, 1.54) is 5.56 Å². The van der Waals surface area contributed by atoms with Gasteiger partial charge in [0.05, 0.1) is 6.54 Å². The molecule has 0 saturated heterocycles. The molecule has 1 aliphatic rings. The van der Waals surface area contributed by atoms with Gasteiger partial charge in [0.25, 0.3) is 0 Å². The Hall–Kier alpha value is -2.62. The molecule has 0 fully saturated rings. The van der Waals surface area contributed by atoms with Crippen LogP contribution in [0.2, 0.25) is 0 Å². The van der Waals surface area contributed by atoms with Crippen LogP contribution >= 0.6 is 0 Å². The highest BCUT2D eigenvalue weighted by Gasteiger charge is 2.16. The fourth-order valence-electron chi connectivity index (χ4n) is 2.11. The van der Waals surface area contributed by atoms with Crippen molar-refractivity contribution in [3.8, 4) is 0 Å². The lowest BCUT2D eigenvalue weighted by Gasteiger charge is -2.19. The van der Waals surface area contributed by atoms with Crippen molar-refractivity contribution in [3.63, 3.8) is 0 Å². The van der Waals surface area contributed by atoms with E-state index in [1.54, 1.807) is 0 Å². The van der Waals surface area contributed by atoms with E-state index in [0.717, 1.165) is 11.3 Å². The lowest BCUT2D eigenvalue weighted by molar-refractivity contribution is 1.05. The van der Waals surface area contributed by atoms with Gasteiger partial charge in [-0.2, -0.15) is 5.10 Å². The summed E-state index contributed by atoms with van der Waals surface area (Å²) in [4.78, 5) is 4.51. The molecule has 0 radical (unpaired) electrons. The topological polar surface area (TPSA) is 62.8 Å². The summed E-state index contributed by atoms with van der Waals surface area (Å²) in [6.45, 7) is 0.643. The SMILES string of the molecule is N/N=C(/C1=NCc2ccccc2N1)c1ccccc1. The summed E-state index contributed by atoms with van der Waals surface area (Å²) in [6, 6.07) is 17.9. The van der Waals surface area contributed by atoms with Gasteiger partial charge in [-0.25, -0.2) is 0 Å². The molecule has 0 spiro atoms. The number of hydrazone groups is 1. The van der Waals surface area contributed by atoms with Crippen molar-refractivity contribution in [1.82, 2.24) is 0 Å². The highest BCUT2D eigenvalue weighted by molar-refractivity contribution is 6.51. The van der Waals surface area contributed by atoms with Crippen LogP contribution in [-0.2, 0) is 6.54 Å². The summed E-state index contributed by atoms with van der Waals surface area (Å²) in [7, 11) is 0. The first-order valence-corrected chi connectivity index (χ1v) is 6.11. The van der Waals surface area contributed by atoms with Gasteiger partial charge in [0, 0.05) is 11.3 Å². The van der Waals surface area contributed by atoms with Gasteiger partial charge in [0.15, 0.2) is 5.84 Å². The smallest absolute Gasteiger partial charge is 0.154 e. The van der Waals surface area contributed by atoms with Crippen molar-refractivity contribution >= 4 is 17.2 Å². The standard InChI is InChI=1S/C15H14N4/c16-19-14(11-6-2-1-3-7-11)15-17-10-12-8-4-5-9-13(12)18-15/h1-9H,10,16H2,(H,17,18)/b19-14+. The van der Waals surface area contributed by atoms with Crippen LogP contribution in [0.4, 0.5) is 5.69 Å². The molecule has 0 saturated carbocycles. The fraction of sp³-hybridized carbons (Fsp3) is 0.0667. The van der Waals surface area contributed by atoms with E-state index < -0.39 is 0 Å². The first-order valence-electron chi connectivity index (χ1n) is 6.11. The number of aliphatic imine (C=N–C) groups is 1. The number of benzene rings is 2. The van der Waals surface area contributed by atoms with E-state index in [4.69, 9.17) is 5.84 Å². The quantitative estimate of drug-likeness (QED) is 0.488. The molecule has 1 heterocycles. The molecule has 4 heteroatoms. The normalized spacial score (nSPS) is 14.3. The third kappa shape index (κ3) is 2.20. The Morgan fingerprint density at radius 2 is 1.79 bits per heavy atom. The van der Waals surface area contributed by atoms with Gasteiger partial charge in [-0.05, 0) is 11.6 Å². The monoisotopic (exact) mass is 250 g/mol. The van der Waals surface area contributed by atoms with Crippen molar-refractivity contribution in [2.45, 2.75) is 6.54 Å². The van der Waals surface area contributed by atoms with E-state index >= 15 is 0 Å². The maximum Gasteiger partial charge on any atom is 0.154 e. The van der Waals surface area contributed by atoms with Crippen LogP contribution in [0.3, 0.4) is 0 Å². The van der Waals surface area contributed by atoms with E-state index in [0.29, 0.717) is 18.1 Å².